The Balaban J connectivity index is 4.05. The van der Waals surface area contributed by atoms with Gasteiger partial charge in [0, 0.05) is 12.8 Å². The van der Waals surface area contributed by atoms with Crippen molar-refractivity contribution in [1.29, 1.82) is 0 Å². The van der Waals surface area contributed by atoms with Crippen LogP contribution in [0.4, 0.5) is 0 Å². The van der Waals surface area contributed by atoms with Crippen LogP contribution in [0.25, 0.3) is 0 Å². The highest BCUT2D eigenvalue weighted by molar-refractivity contribution is 7.45. The molecule has 0 aliphatic heterocycles. The van der Waals surface area contributed by atoms with Crippen molar-refractivity contribution in [1.82, 2.24) is 0 Å². The van der Waals surface area contributed by atoms with E-state index < -0.39 is 26.5 Å². The summed E-state index contributed by atoms with van der Waals surface area (Å²) in [6.45, 7) is 4.02. The lowest BCUT2D eigenvalue weighted by Gasteiger charge is -2.28. The Bertz CT molecular complexity index is 1830. The number of carbonyl (C=O) groups excluding carboxylic acids is 2. The highest BCUT2D eigenvalue weighted by Gasteiger charge is 2.22. The Morgan fingerprint density at radius 1 is 0.369 bits per heavy atom. The lowest BCUT2D eigenvalue weighted by molar-refractivity contribution is -0.870. The molecule has 482 valence electrons. The minimum atomic E-state index is -4.65. The van der Waals surface area contributed by atoms with Gasteiger partial charge >= 0.3 is 11.9 Å². The normalized spacial score (nSPS) is 13.9. The number of quaternary nitrogens is 1. The third kappa shape index (κ3) is 67.5. The van der Waals surface area contributed by atoms with E-state index in [-0.39, 0.29) is 32.0 Å². The number of unbranched alkanes of at least 4 members (excludes halogenated alkanes) is 28. The summed E-state index contributed by atoms with van der Waals surface area (Å²) < 4.78 is 34.3. The van der Waals surface area contributed by atoms with Gasteiger partial charge in [-0.1, -0.05) is 289 Å². The van der Waals surface area contributed by atoms with Crippen LogP contribution in [0.5, 0.6) is 0 Å². The summed E-state index contributed by atoms with van der Waals surface area (Å²) in [5, 5.41) is 0. The molecule has 2 unspecified atom stereocenters. The molecule has 0 saturated carbocycles. The number of likely N-dealkylation sites (N-methyl/N-ethyl adjacent to an activating group) is 1. The molecule has 0 aromatic carbocycles. The molecule has 9 nitrogen and oxygen atoms in total. The number of allylic oxidation sites excluding steroid dienone is 20. The van der Waals surface area contributed by atoms with Crippen molar-refractivity contribution in [3.8, 4) is 0 Å². The number of carbonyl (C=O) groups is 2. The maximum Gasteiger partial charge on any atom is 0.306 e. The largest absolute Gasteiger partial charge is 0.756 e. The van der Waals surface area contributed by atoms with Gasteiger partial charge in [-0.15, -0.1) is 0 Å². The molecule has 0 aliphatic rings. The average molecular weight is 1190 g/mol. The summed E-state index contributed by atoms with van der Waals surface area (Å²) in [6, 6.07) is 0. The van der Waals surface area contributed by atoms with E-state index in [0.717, 1.165) is 116 Å². The Morgan fingerprint density at radius 2 is 0.643 bits per heavy atom. The highest BCUT2D eigenvalue weighted by atomic mass is 31.2. The molecule has 0 heterocycles. The van der Waals surface area contributed by atoms with Crippen LogP contribution in [0.3, 0.4) is 0 Å². The molecule has 0 aromatic heterocycles. The SMILES string of the molecule is CC/C=C\C/C=C\C/C=C\C/C=C\C/C=C\CCCCCCCCCCCCCCCCCCCCCC(=O)OC(COC(=O)CCCCCCCCCCC/C=C\C/C=C\C/C=C\C/C=C\C/C=C\CC)COP(=O)([O-])OCC[N+](C)(C)C. The maximum atomic E-state index is 12.9. The van der Waals surface area contributed by atoms with E-state index in [1.807, 2.05) is 21.1 Å². The summed E-state index contributed by atoms with van der Waals surface area (Å²) in [6.07, 6.45) is 91.3. The summed E-state index contributed by atoms with van der Waals surface area (Å²) in [5.41, 5.74) is 0. The fraction of sp³-hybridized carbons (Fsp3) is 0.703. The van der Waals surface area contributed by atoms with E-state index in [1.165, 1.54) is 135 Å². The molecule has 0 saturated heterocycles. The van der Waals surface area contributed by atoms with Gasteiger partial charge in [-0.3, -0.25) is 14.2 Å². The fourth-order valence-corrected chi connectivity index (χ4v) is 10.0. The van der Waals surface area contributed by atoms with Gasteiger partial charge in [-0.25, -0.2) is 0 Å². The van der Waals surface area contributed by atoms with Crippen molar-refractivity contribution in [3.63, 3.8) is 0 Å². The van der Waals surface area contributed by atoms with Crippen LogP contribution < -0.4 is 4.89 Å². The molecule has 84 heavy (non-hydrogen) atoms. The molecule has 10 heteroatoms. The van der Waals surface area contributed by atoms with Crippen molar-refractivity contribution >= 4 is 19.8 Å². The number of hydrogen-bond acceptors (Lipinski definition) is 8. The zero-order chi connectivity index (χ0) is 61.2. The van der Waals surface area contributed by atoms with Gasteiger partial charge in [0.05, 0.1) is 27.7 Å². The second kappa shape index (κ2) is 63.9. The van der Waals surface area contributed by atoms with Gasteiger partial charge in [0.25, 0.3) is 7.82 Å². The number of hydrogen-bond donors (Lipinski definition) is 0. The zero-order valence-electron chi connectivity index (χ0n) is 54.8. The number of phosphoric ester groups is 1. The first kappa shape index (κ1) is 80.4. The van der Waals surface area contributed by atoms with E-state index >= 15 is 0 Å². The van der Waals surface area contributed by atoms with Crippen LogP contribution in [-0.4, -0.2) is 70.0 Å². The second-order valence-electron chi connectivity index (χ2n) is 23.8. The number of esters is 2. The third-order valence-electron chi connectivity index (χ3n) is 14.5. The zero-order valence-corrected chi connectivity index (χ0v) is 55.7. The third-order valence-corrected chi connectivity index (χ3v) is 15.4. The number of ether oxygens (including phenoxy) is 2. The number of nitrogens with zero attached hydrogens (tertiary/aromatic N) is 1. The predicted octanol–water partition coefficient (Wildman–Crippen LogP) is 21.6. The average Bonchev–Trinajstić information content (AvgIpc) is 3.61. The van der Waals surface area contributed by atoms with Gasteiger partial charge in [0.15, 0.2) is 6.10 Å². The highest BCUT2D eigenvalue weighted by Crippen LogP contribution is 2.38. The molecule has 0 fully saturated rings. The van der Waals surface area contributed by atoms with Gasteiger partial charge in [-0.2, -0.15) is 0 Å². The van der Waals surface area contributed by atoms with Crippen molar-refractivity contribution in [2.24, 2.45) is 0 Å². The summed E-state index contributed by atoms with van der Waals surface area (Å²) >= 11 is 0. The minimum absolute atomic E-state index is 0.0358. The first-order chi connectivity index (χ1) is 41.0. The second-order valence-corrected chi connectivity index (χ2v) is 25.2. The first-order valence-electron chi connectivity index (χ1n) is 34.2. The Morgan fingerprint density at radius 3 is 0.952 bits per heavy atom. The van der Waals surface area contributed by atoms with E-state index in [0.29, 0.717) is 17.4 Å². The molecule has 0 aromatic rings. The Hall–Kier alpha value is -3.59. The van der Waals surface area contributed by atoms with Crippen molar-refractivity contribution in [2.75, 3.05) is 47.5 Å². The van der Waals surface area contributed by atoms with E-state index in [9.17, 15) is 19.0 Å². The fourth-order valence-electron chi connectivity index (χ4n) is 9.30. The lowest BCUT2D eigenvalue weighted by Crippen LogP contribution is -2.37. The quantitative estimate of drug-likeness (QED) is 0.0195. The van der Waals surface area contributed by atoms with Gasteiger partial charge in [0.1, 0.15) is 19.8 Å². The smallest absolute Gasteiger partial charge is 0.306 e. The first-order valence-corrected chi connectivity index (χ1v) is 35.7. The van der Waals surface area contributed by atoms with E-state index in [2.05, 4.69) is 135 Å². The summed E-state index contributed by atoms with van der Waals surface area (Å²) in [5.74, 6) is -0.837. The molecule has 0 N–H and O–H groups in total. The van der Waals surface area contributed by atoms with Crippen LogP contribution in [0, 0.1) is 0 Å². The van der Waals surface area contributed by atoms with Gasteiger partial charge in [0.2, 0.25) is 0 Å². The van der Waals surface area contributed by atoms with Crippen LogP contribution in [0.15, 0.2) is 122 Å². The van der Waals surface area contributed by atoms with Crippen molar-refractivity contribution in [3.05, 3.63) is 122 Å². The lowest BCUT2D eigenvalue weighted by atomic mass is 10.0. The Kier molecular flexibility index (Phi) is 61.2. The monoisotopic (exact) mass is 1190 g/mol. The molecular formula is C74H128NO8P. The molecule has 2 atom stereocenters. The van der Waals surface area contributed by atoms with Crippen LogP contribution in [0.1, 0.15) is 284 Å². The van der Waals surface area contributed by atoms with Crippen LogP contribution in [-0.2, 0) is 32.7 Å². The molecule has 0 rings (SSSR count). The van der Waals surface area contributed by atoms with Crippen molar-refractivity contribution in [2.45, 2.75) is 290 Å². The Labute approximate surface area is 518 Å². The predicted molar refractivity (Wildman–Crippen MR) is 360 cm³/mol. The van der Waals surface area contributed by atoms with Crippen LogP contribution in [0.2, 0.25) is 0 Å². The molecule has 0 aliphatic carbocycles. The molecule has 0 bridgehead atoms. The van der Waals surface area contributed by atoms with Gasteiger partial charge < -0.3 is 27.9 Å². The topological polar surface area (TPSA) is 111 Å². The summed E-state index contributed by atoms with van der Waals surface area (Å²) in [7, 11) is 1.16. The van der Waals surface area contributed by atoms with Crippen molar-refractivity contribution < 1.29 is 42.1 Å². The molecule has 0 amide bonds. The maximum absolute atomic E-state index is 12.9. The molecular weight excluding hydrogens is 1060 g/mol. The van der Waals surface area contributed by atoms with E-state index in [1.54, 1.807) is 0 Å². The molecule has 0 radical (unpaired) electrons. The standard InChI is InChI=1S/C74H128NO8P/c1-6-8-10-12-14-16-18-20-22-24-26-28-30-32-33-34-35-36-37-38-39-40-41-43-45-47-49-51-53-55-57-59-61-63-65-67-74(77)83-72(71-82-84(78,79)81-69-68-75(3,4)5)70-80-73(76)66-64-62-60-58-56-54-52-50-48-46-44-42-31-29-27-25-23-21-19-17-15-13-11-9-7-2/h8-11,14-17,20-23,26-29,32-33,42,44,72H,6-7,12-13,18-19,24-25,30-31,34-41,43,45-71H2,1-5H3/b10-8-,11-9-,16-14-,17-15-,22-20-,23-21-,28-26-,29-27-,33-32-,44-42-. The number of phosphoric acid groups is 1. The molecule has 0 spiro atoms. The summed E-state index contributed by atoms with van der Waals surface area (Å²) in [4.78, 5) is 38.1. The number of rotatable bonds is 62. The van der Waals surface area contributed by atoms with Gasteiger partial charge in [-0.05, 0) is 103 Å². The van der Waals surface area contributed by atoms with E-state index in [4.69, 9.17) is 18.5 Å². The minimum Gasteiger partial charge on any atom is -0.756 e. The van der Waals surface area contributed by atoms with Crippen LogP contribution >= 0.6 is 7.82 Å².